The van der Waals surface area contributed by atoms with Gasteiger partial charge in [-0.2, -0.15) is 13.2 Å². The van der Waals surface area contributed by atoms with E-state index in [1.807, 2.05) is 0 Å². The van der Waals surface area contributed by atoms with Gasteiger partial charge in [0, 0.05) is 10.4 Å². The second kappa shape index (κ2) is 4.15. The van der Waals surface area contributed by atoms with E-state index in [0.29, 0.717) is 12.8 Å². The standard InChI is InChI=1S/C11H11ClF3NO/c12-8-3-1-2-7(11(13,14)15)9(8)10(4-5-10)6-17-16/h1-3H,4-6,16H2. The lowest BCUT2D eigenvalue weighted by molar-refractivity contribution is -0.138. The summed E-state index contributed by atoms with van der Waals surface area (Å²) in [4.78, 5) is 4.52. The average molecular weight is 266 g/mol. The Morgan fingerprint density at radius 1 is 1.35 bits per heavy atom. The fraction of sp³-hybridized carbons (Fsp3) is 0.455. The lowest BCUT2D eigenvalue weighted by Gasteiger charge is -2.21. The van der Waals surface area contributed by atoms with Gasteiger partial charge in [0.05, 0.1) is 12.2 Å². The van der Waals surface area contributed by atoms with Gasteiger partial charge in [0.25, 0.3) is 0 Å². The fourth-order valence-electron chi connectivity index (χ4n) is 2.08. The smallest absolute Gasteiger partial charge is 0.304 e. The quantitative estimate of drug-likeness (QED) is 0.851. The van der Waals surface area contributed by atoms with Crippen molar-refractivity contribution in [2.24, 2.45) is 5.90 Å². The molecule has 94 valence electrons. The molecule has 1 aliphatic rings. The van der Waals surface area contributed by atoms with Gasteiger partial charge in [0.1, 0.15) is 0 Å². The summed E-state index contributed by atoms with van der Waals surface area (Å²) in [6.07, 6.45) is -3.20. The van der Waals surface area contributed by atoms with Crippen molar-refractivity contribution >= 4 is 11.6 Å². The van der Waals surface area contributed by atoms with Crippen LogP contribution in [0.1, 0.15) is 24.0 Å². The van der Waals surface area contributed by atoms with E-state index < -0.39 is 17.2 Å². The van der Waals surface area contributed by atoms with Crippen molar-refractivity contribution in [2.75, 3.05) is 6.61 Å². The minimum absolute atomic E-state index is 0.0554. The molecule has 1 aromatic rings. The van der Waals surface area contributed by atoms with Crippen molar-refractivity contribution < 1.29 is 18.0 Å². The van der Waals surface area contributed by atoms with E-state index in [4.69, 9.17) is 17.5 Å². The molecule has 1 aliphatic carbocycles. The largest absolute Gasteiger partial charge is 0.416 e. The number of hydrogen-bond acceptors (Lipinski definition) is 2. The number of halogens is 4. The summed E-state index contributed by atoms with van der Waals surface area (Å²) in [5.74, 6) is 4.98. The highest BCUT2D eigenvalue weighted by Crippen LogP contribution is 2.54. The van der Waals surface area contributed by atoms with E-state index in [-0.39, 0.29) is 17.2 Å². The summed E-state index contributed by atoms with van der Waals surface area (Å²) in [6, 6.07) is 3.80. The second-order valence-corrected chi connectivity index (χ2v) is 4.66. The molecule has 0 amide bonds. The maximum Gasteiger partial charge on any atom is 0.416 e. The number of nitrogens with two attached hydrogens (primary N) is 1. The summed E-state index contributed by atoms with van der Waals surface area (Å²) in [5, 5.41) is 0.120. The molecule has 2 rings (SSSR count). The van der Waals surface area contributed by atoms with Crippen LogP contribution >= 0.6 is 11.6 Å². The molecule has 1 saturated carbocycles. The van der Waals surface area contributed by atoms with Crippen LogP contribution in [-0.2, 0) is 16.4 Å². The lowest BCUT2D eigenvalue weighted by atomic mass is 9.91. The molecule has 0 unspecified atom stereocenters. The van der Waals surface area contributed by atoms with E-state index in [1.165, 1.54) is 12.1 Å². The van der Waals surface area contributed by atoms with Crippen molar-refractivity contribution in [3.63, 3.8) is 0 Å². The maximum absolute atomic E-state index is 12.9. The Morgan fingerprint density at radius 3 is 2.47 bits per heavy atom. The van der Waals surface area contributed by atoms with Gasteiger partial charge in [-0.05, 0) is 30.5 Å². The Labute approximate surface area is 101 Å². The van der Waals surface area contributed by atoms with Crippen LogP contribution in [0.3, 0.4) is 0 Å². The Morgan fingerprint density at radius 2 is 2.00 bits per heavy atom. The van der Waals surface area contributed by atoms with Crippen LogP contribution in [0.2, 0.25) is 5.02 Å². The average Bonchev–Trinajstić information content (AvgIpc) is 2.97. The van der Waals surface area contributed by atoms with Crippen molar-refractivity contribution in [1.82, 2.24) is 0 Å². The zero-order valence-corrected chi connectivity index (χ0v) is 9.61. The zero-order valence-electron chi connectivity index (χ0n) is 8.85. The summed E-state index contributed by atoms with van der Waals surface area (Å²) < 4.78 is 38.7. The first-order valence-electron chi connectivity index (χ1n) is 5.08. The highest BCUT2D eigenvalue weighted by molar-refractivity contribution is 6.31. The molecule has 6 heteroatoms. The van der Waals surface area contributed by atoms with Crippen molar-refractivity contribution in [1.29, 1.82) is 0 Å². The number of rotatable bonds is 3. The molecule has 0 bridgehead atoms. The lowest BCUT2D eigenvalue weighted by Crippen LogP contribution is -2.23. The SMILES string of the molecule is NOCC1(c2c(Cl)cccc2C(F)(F)F)CC1. The molecule has 0 aromatic heterocycles. The van der Waals surface area contributed by atoms with Gasteiger partial charge >= 0.3 is 6.18 Å². The topological polar surface area (TPSA) is 35.2 Å². The van der Waals surface area contributed by atoms with Crippen LogP contribution in [0.5, 0.6) is 0 Å². The maximum atomic E-state index is 12.9. The number of hydrogen-bond donors (Lipinski definition) is 1. The fourth-order valence-corrected chi connectivity index (χ4v) is 2.45. The van der Waals surface area contributed by atoms with Gasteiger partial charge < -0.3 is 4.84 Å². The monoisotopic (exact) mass is 265 g/mol. The molecule has 0 aliphatic heterocycles. The molecule has 0 atom stereocenters. The Bertz CT molecular complexity index is 429. The third kappa shape index (κ3) is 2.27. The van der Waals surface area contributed by atoms with Crippen LogP contribution in [0, 0.1) is 0 Å². The molecule has 17 heavy (non-hydrogen) atoms. The van der Waals surface area contributed by atoms with Gasteiger partial charge in [-0.25, -0.2) is 5.90 Å². The van der Waals surface area contributed by atoms with Crippen molar-refractivity contribution in [3.8, 4) is 0 Å². The summed E-state index contributed by atoms with van der Waals surface area (Å²) >= 11 is 5.90. The highest BCUT2D eigenvalue weighted by Gasteiger charge is 2.50. The van der Waals surface area contributed by atoms with Gasteiger partial charge in [-0.3, -0.25) is 0 Å². The Balaban J connectivity index is 2.52. The molecule has 0 spiro atoms. The molecule has 2 N–H and O–H groups in total. The zero-order chi connectivity index (χ0) is 12.7. The minimum atomic E-state index is -4.41. The number of benzene rings is 1. The van der Waals surface area contributed by atoms with Crippen molar-refractivity contribution in [2.45, 2.75) is 24.4 Å². The summed E-state index contributed by atoms with van der Waals surface area (Å²) in [6.45, 7) is 0.0554. The van der Waals surface area contributed by atoms with E-state index in [9.17, 15) is 13.2 Å². The van der Waals surface area contributed by atoms with Gasteiger partial charge in [0.2, 0.25) is 0 Å². The molecule has 1 aromatic carbocycles. The Hall–Kier alpha value is -0.780. The second-order valence-electron chi connectivity index (χ2n) is 4.25. The first-order valence-corrected chi connectivity index (χ1v) is 5.46. The predicted octanol–water partition coefficient (Wildman–Crippen LogP) is 3.28. The van der Waals surface area contributed by atoms with E-state index in [2.05, 4.69) is 4.84 Å². The first kappa shape index (κ1) is 12.7. The molecular weight excluding hydrogens is 255 g/mol. The molecule has 0 heterocycles. The third-order valence-electron chi connectivity index (χ3n) is 3.06. The number of alkyl halides is 3. The normalized spacial score (nSPS) is 18.2. The molecule has 0 saturated heterocycles. The van der Waals surface area contributed by atoms with Crippen LogP contribution < -0.4 is 5.90 Å². The van der Waals surface area contributed by atoms with E-state index in [1.54, 1.807) is 0 Å². The highest BCUT2D eigenvalue weighted by atomic mass is 35.5. The summed E-state index contributed by atoms with van der Waals surface area (Å²) in [5.41, 5.74) is -1.25. The minimum Gasteiger partial charge on any atom is -0.304 e. The van der Waals surface area contributed by atoms with Crippen LogP contribution in [-0.4, -0.2) is 6.61 Å². The third-order valence-corrected chi connectivity index (χ3v) is 3.38. The van der Waals surface area contributed by atoms with Gasteiger partial charge in [-0.15, -0.1) is 0 Å². The summed E-state index contributed by atoms with van der Waals surface area (Å²) in [7, 11) is 0. The Kier molecular flexibility index (Phi) is 3.10. The van der Waals surface area contributed by atoms with E-state index in [0.717, 1.165) is 6.07 Å². The van der Waals surface area contributed by atoms with Crippen LogP contribution in [0.4, 0.5) is 13.2 Å². The van der Waals surface area contributed by atoms with Gasteiger partial charge in [-0.1, -0.05) is 17.7 Å². The van der Waals surface area contributed by atoms with Gasteiger partial charge in [0.15, 0.2) is 0 Å². The molecule has 1 fully saturated rings. The molecule has 0 radical (unpaired) electrons. The van der Waals surface area contributed by atoms with Crippen molar-refractivity contribution in [3.05, 3.63) is 34.3 Å². The molecule has 2 nitrogen and oxygen atoms in total. The predicted molar refractivity (Wildman–Crippen MR) is 57.5 cm³/mol. The van der Waals surface area contributed by atoms with E-state index >= 15 is 0 Å². The van der Waals surface area contributed by atoms with Crippen LogP contribution in [0.15, 0.2) is 18.2 Å². The first-order chi connectivity index (χ1) is 7.91. The molecular formula is C11H11ClF3NO. The van der Waals surface area contributed by atoms with Crippen LogP contribution in [0.25, 0.3) is 0 Å².